The molecule has 0 saturated carbocycles. The van der Waals surface area contributed by atoms with Crippen LogP contribution in [0.25, 0.3) is 0 Å². The summed E-state index contributed by atoms with van der Waals surface area (Å²) in [5, 5.41) is 9.07. The minimum Gasteiger partial charge on any atom is -0.496 e. The van der Waals surface area contributed by atoms with Gasteiger partial charge in [0, 0.05) is 6.54 Å². The van der Waals surface area contributed by atoms with Gasteiger partial charge >= 0.3 is 5.97 Å². The van der Waals surface area contributed by atoms with E-state index in [9.17, 15) is 18.0 Å². The average Bonchev–Trinajstić information content (AvgIpc) is 2.43. The molecule has 0 atom stereocenters. The summed E-state index contributed by atoms with van der Waals surface area (Å²) >= 11 is 0. The predicted molar refractivity (Wildman–Crippen MR) is 73.6 cm³/mol. The van der Waals surface area contributed by atoms with Crippen molar-refractivity contribution in [1.29, 1.82) is 0 Å². The first-order chi connectivity index (χ1) is 9.73. The van der Waals surface area contributed by atoms with Crippen LogP contribution in [0.5, 0.6) is 5.75 Å². The maximum Gasteiger partial charge on any atom is 0.339 e. The minimum atomic E-state index is -4.01. The van der Waals surface area contributed by atoms with Gasteiger partial charge < -0.3 is 15.6 Å². The van der Waals surface area contributed by atoms with Crippen molar-refractivity contribution >= 4 is 21.9 Å². The highest BCUT2D eigenvalue weighted by Crippen LogP contribution is 2.24. The highest BCUT2D eigenvalue weighted by Gasteiger charge is 2.26. The van der Waals surface area contributed by atoms with Crippen molar-refractivity contribution in [3.63, 3.8) is 0 Å². The van der Waals surface area contributed by atoms with E-state index in [0.29, 0.717) is 0 Å². The van der Waals surface area contributed by atoms with Gasteiger partial charge in [0.2, 0.25) is 15.9 Å². The molecule has 1 rings (SSSR count). The van der Waals surface area contributed by atoms with E-state index in [1.807, 2.05) is 0 Å². The molecule has 3 N–H and O–H groups in total. The molecule has 0 aliphatic heterocycles. The first-order valence-corrected chi connectivity index (χ1v) is 7.37. The SMILES string of the molecule is CCN(CC(N)=O)S(=O)(=O)c1ccc(OC)c(C(=O)O)c1. The molecule has 0 aromatic heterocycles. The Labute approximate surface area is 122 Å². The molecule has 9 heteroatoms. The van der Waals surface area contributed by atoms with Gasteiger partial charge in [-0.2, -0.15) is 4.31 Å². The Hall–Kier alpha value is -2.13. The summed E-state index contributed by atoms with van der Waals surface area (Å²) in [6, 6.07) is 3.44. The van der Waals surface area contributed by atoms with E-state index in [0.717, 1.165) is 10.4 Å². The molecule has 8 nitrogen and oxygen atoms in total. The van der Waals surface area contributed by atoms with Crippen LogP contribution in [-0.2, 0) is 14.8 Å². The Kier molecular flexibility index (Phi) is 5.28. The number of rotatable bonds is 7. The Morgan fingerprint density at radius 1 is 1.38 bits per heavy atom. The fraction of sp³-hybridized carbons (Fsp3) is 0.333. The molecule has 0 fully saturated rings. The number of carboxylic acids is 1. The number of hydrogen-bond donors (Lipinski definition) is 2. The lowest BCUT2D eigenvalue weighted by molar-refractivity contribution is -0.118. The summed E-state index contributed by atoms with van der Waals surface area (Å²) in [6.45, 7) is 1.09. The third kappa shape index (κ3) is 3.70. The topological polar surface area (TPSA) is 127 Å². The number of nitrogens with two attached hydrogens (primary N) is 1. The van der Waals surface area contributed by atoms with E-state index >= 15 is 0 Å². The molecule has 0 aliphatic carbocycles. The van der Waals surface area contributed by atoms with Crippen LogP contribution in [0.2, 0.25) is 0 Å². The molecular weight excluding hydrogens is 300 g/mol. The summed E-state index contributed by atoms with van der Waals surface area (Å²) < 4.78 is 30.4. The number of primary amides is 1. The maximum atomic E-state index is 12.4. The fourth-order valence-electron chi connectivity index (χ4n) is 1.70. The molecule has 0 aliphatic rings. The Morgan fingerprint density at radius 3 is 2.43 bits per heavy atom. The van der Waals surface area contributed by atoms with Crippen LogP contribution in [0.15, 0.2) is 23.1 Å². The predicted octanol–water partition coefficient (Wildman–Crippen LogP) is -0.111. The zero-order valence-electron chi connectivity index (χ0n) is 11.6. The van der Waals surface area contributed by atoms with E-state index < -0.39 is 28.4 Å². The van der Waals surface area contributed by atoms with Gasteiger partial charge in [0.1, 0.15) is 11.3 Å². The maximum absolute atomic E-state index is 12.4. The number of carboxylic acid groups (broad SMARTS) is 1. The molecule has 0 spiro atoms. The van der Waals surface area contributed by atoms with Gasteiger partial charge in [-0.1, -0.05) is 6.92 Å². The van der Waals surface area contributed by atoms with Crippen molar-refractivity contribution in [3.05, 3.63) is 23.8 Å². The molecule has 0 heterocycles. The second-order valence-electron chi connectivity index (χ2n) is 4.06. The van der Waals surface area contributed by atoms with Gasteiger partial charge in [0.15, 0.2) is 0 Å². The summed E-state index contributed by atoms with van der Waals surface area (Å²) in [4.78, 5) is 21.8. The van der Waals surface area contributed by atoms with Crippen molar-refractivity contribution in [2.45, 2.75) is 11.8 Å². The highest BCUT2D eigenvalue weighted by atomic mass is 32.2. The Morgan fingerprint density at radius 2 is 2.00 bits per heavy atom. The molecule has 1 amide bonds. The summed E-state index contributed by atoms with van der Waals surface area (Å²) in [5.41, 5.74) is 4.72. The van der Waals surface area contributed by atoms with E-state index in [4.69, 9.17) is 15.6 Å². The number of carbonyl (C=O) groups excluding carboxylic acids is 1. The molecule has 116 valence electrons. The molecule has 0 saturated heterocycles. The molecule has 0 radical (unpaired) electrons. The van der Waals surface area contributed by atoms with E-state index in [2.05, 4.69) is 0 Å². The molecule has 0 bridgehead atoms. The van der Waals surface area contributed by atoms with Crippen LogP contribution < -0.4 is 10.5 Å². The molecule has 0 unspecified atom stereocenters. The first-order valence-electron chi connectivity index (χ1n) is 5.93. The summed E-state index contributed by atoms with van der Waals surface area (Å²) in [7, 11) is -2.73. The molecule has 1 aromatic carbocycles. The standard InChI is InChI=1S/C12H16N2O6S/c1-3-14(7-11(13)15)21(18,19)8-4-5-10(20-2)9(6-8)12(16)17/h4-6H,3,7H2,1-2H3,(H2,13,15)(H,16,17). The van der Waals surface area contributed by atoms with Gasteiger partial charge in [-0.15, -0.1) is 0 Å². The van der Waals surface area contributed by atoms with E-state index in [1.165, 1.54) is 19.2 Å². The summed E-state index contributed by atoms with van der Waals surface area (Å²) in [6.07, 6.45) is 0. The Balaban J connectivity index is 3.34. The van der Waals surface area contributed by atoms with E-state index in [1.54, 1.807) is 6.92 Å². The van der Waals surface area contributed by atoms with Gasteiger partial charge in [0.25, 0.3) is 0 Å². The molecular formula is C12H16N2O6S. The van der Waals surface area contributed by atoms with Gasteiger partial charge in [0.05, 0.1) is 18.6 Å². The number of sulfonamides is 1. The smallest absolute Gasteiger partial charge is 0.339 e. The van der Waals surface area contributed by atoms with Crippen molar-refractivity contribution in [1.82, 2.24) is 4.31 Å². The van der Waals surface area contributed by atoms with Crippen LogP contribution >= 0.6 is 0 Å². The number of methoxy groups -OCH3 is 1. The summed E-state index contributed by atoms with van der Waals surface area (Å²) in [5.74, 6) is -2.08. The van der Waals surface area contributed by atoms with Gasteiger partial charge in [-0.3, -0.25) is 4.79 Å². The van der Waals surface area contributed by atoms with E-state index in [-0.39, 0.29) is 22.8 Å². The normalized spacial score (nSPS) is 11.4. The number of benzene rings is 1. The average molecular weight is 316 g/mol. The second-order valence-corrected chi connectivity index (χ2v) is 6.00. The van der Waals surface area contributed by atoms with Crippen LogP contribution in [-0.4, -0.2) is 49.9 Å². The van der Waals surface area contributed by atoms with Crippen LogP contribution in [0.1, 0.15) is 17.3 Å². The van der Waals surface area contributed by atoms with Gasteiger partial charge in [-0.25, -0.2) is 13.2 Å². The monoisotopic (exact) mass is 316 g/mol. The van der Waals surface area contributed by atoms with Crippen molar-refractivity contribution in [2.24, 2.45) is 5.73 Å². The zero-order chi connectivity index (χ0) is 16.2. The lowest BCUT2D eigenvalue weighted by atomic mass is 10.2. The lowest BCUT2D eigenvalue weighted by Gasteiger charge is -2.19. The number of carbonyl (C=O) groups is 2. The zero-order valence-corrected chi connectivity index (χ0v) is 12.4. The highest BCUT2D eigenvalue weighted by molar-refractivity contribution is 7.89. The second kappa shape index (κ2) is 6.55. The van der Waals surface area contributed by atoms with Crippen LogP contribution in [0.3, 0.4) is 0 Å². The third-order valence-electron chi connectivity index (χ3n) is 2.72. The largest absolute Gasteiger partial charge is 0.496 e. The lowest BCUT2D eigenvalue weighted by Crippen LogP contribution is -2.38. The number of ether oxygens (including phenoxy) is 1. The van der Waals surface area contributed by atoms with Crippen LogP contribution in [0.4, 0.5) is 0 Å². The number of likely N-dealkylation sites (N-methyl/N-ethyl adjacent to an activating group) is 1. The Bertz CT molecular complexity index is 656. The number of aromatic carboxylic acids is 1. The van der Waals surface area contributed by atoms with Crippen molar-refractivity contribution in [3.8, 4) is 5.75 Å². The van der Waals surface area contributed by atoms with Crippen molar-refractivity contribution in [2.75, 3.05) is 20.2 Å². The van der Waals surface area contributed by atoms with Crippen LogP contribution in [0, 0.1) is 0 Å². The molecule has 21 heavy (non-hydrogen) atoms. The number of amides is 1. The minimum absolute atomic E-state index is 0.0275. The first kappa shape index (κ1) is 16.9. The third-order valence-corrected chi connectivity index (χ3v) is 4.64. The van der Waals surface area contributed by atoms with Gasteiger partial charge in [-0.05, 0) is 18.2 Å². The number of nitrogens with zero attached hydrogens (tertiary/aromatic N) is 1. The van der Waals surface area contributed by atoms with Crippen molar-refractivity contribution < 1.29 is 27.9 Å². The fourth-order valence-corrected chi connectivity index (χ4v) is 3.15. The number of hydrogen-bond acceptors (Lipinski definition) is 5. The quantitative estimate of drug-likeness (QED) is 0.722. The molecule has 1 aromatic rings.